The summed E-state index contributed by atoms with van der Waals surface area (Å²) in [6.07, 6.45) is 16.2. The van der Waals surface area contributed by atoms with Crippen LogP contribution in [-0.2, 0) is 9.53 Å². The normalized spacial score (nSPS) is 13.8. The number of rotatable bonds is 18. The molecule has 0 radical (unpaired) electrons. The second kappa shape index (κ2) is 18.9. The highest BCUT2D eigenvalue weighted by Gasteiger charge is 2.07. The smallest absolute Gasteiger partial charge is 0.305 e. The van der Waals surface area contributed by atoms with Gasteiger partial charge in [0, 0.05) is 6.42 Å². The standard InChI is InChI=1S/C21H40O5/c1-2-3-4-11-14-19(23)15-12-9-7-5-6-8-10-13-16-21(25)26-18-20(24)17-22/h9,12,19-20,22-24H,2-8,10-11,13-18H2,1H3/b12-9+/t19-,20-/m1/s1. The van der Waals surface area contributed by atoms with Crippen molar-refractivity contribution < 1.29 is 24.9 Å². The highest BCUT2D eigenvalue weighted by Crippen LogP contribution is 2.10. The van der Waals surface area contributed by atoms with Crippen LogP contribution in [0.25, 0.3) is 0 Å². The Morgan fingerprint density at radius 1 is 0.923 bits per heavy atom. The van der Waals surface area contributed by atoms with Crippen LogP contribution in [0.15, 0.2) is 12.2 Å². The predicted molar refractivity (Wildman–Crippen MR) is 105 cm³/mol. The van der Waals surface area contributed by atoms with Crippen LogP contribution < -0.4 is 0 Å². The number of aliphatic hydroxyl groups excluding tert-OH is 3. The molecule has 0 bridgehead atoms. The number of hydrogen-bond acceptors (Lipinski definition) is 5. The average Bonchev–Trinajstić information content (AvgIpc) is 2.64. The third-order valence-electron chi connectivity index (χ3n) is 4.36. The molecule has 154 valence electrons. The van der Waals surface area contributed by atoms with Crippen LogP contribution in [0.3, 0.4) is 0 Å². The fourth-order valence-corrected chi connectivity index (χ4v) is 2.67. The van der Waals surface area contributed by atoms with Crippen molar-refractivity contribution >= 4 is 5.97 Å². The van der Waals surface area contributed by atoms with Gasteiger partial charge >= 0.3 is 5.97 Å². The van der Waals surface area contributed by atoms with E-state index in [1.807, 2.05) is 0 Å². The van der Waals surface area contributed by atoms with Gasteiger partial charge in [-0.1, -0.05) is 64.0 Å². The summed E-state index contributed by atoms with van der Waals surface area (Å²) in [5, 5.41) is 27.6. The number of carbonyl (C=O) groups excluding carboxylic acids is 1. The maximum atomic E-state index is 11.4. The van der Waals surface area contributed by atoms with Crippen molar-refractivity contribution in [1.82, 2.24) is 0 Å². The first kappa shape index (κ1) is 25.1. The molecule has 0 heterocycles. The summed E-state index contributed by atoms with van der Waals surface area (Å²) < 4.78 is 4.84. The van der Waals surface area contributed by atoms with E-state index >= 15 is 0 Å². The number of hydrogen-bond donors (Lipinski definition) is 3. The van der Waals surface area contributed by atoms with Crippen molar-refractivity contribution in [2.24, 2.45) is 0 Å². The first-order valence-electron chi connectivity index (χ1n) is 10.4. The lowest BCUT2D eigenvalue weighted by molar-refractivity contribution is -0.147. The maximum Gasteiger partial charge on any atom is 0.305 e. The van der Waals surface area contributed by atoms with Gasteiger partial charge in [0.1, 0.15) is 12.7 Å². The molecule has 3 N–H and O–H groups in total. The van der Waals surface area contributed by atoms with Gasteiger partial charge < -0.3 is 20.1 Å². The molecule has 0 amide bonds. The molecule has 0 aliphatic heterocycles. The summed E-state index contributed by atoms with van der Waals surface area (Å²) >= 11 is 0. The molecule has 0 rings (SSSR count). The number of aliphatic hydroxyl groups is 3. The summed E-state index contributed by atoms with van der Waals surface area (Å²) in [7, 11) is 0. The molecule has 0 aromatic heterocycles. The number of allylic oxidation sites excluding steroid dienone is 1. The number of esters is 1. The lowest BCUT2D eigenvalue weighted by Gasteiger charge is -2.08. The van der Waals surface area contributed by atoms with Gasteiger partial charge in [-0.2, -0.15) is 0 Å². The van der Waals surface area contributed by atoms with Gasteiger partial charge in [0.25, 0.3) is 0 Å². The van der Waals surface area contributed by atoms with E-state index in [2.05, 4.69) is 19.1 Å². The van der Waals surface area contributed by atoms with E-state index in [1.165, 1.54) is 19.3 Å². The monoisotopic (exact) mass is 372 g/mol. The molecule has 5 heteroatoms. The van der Waals surface area contributed by atoms with Crippen molar-refractivity contribution in [3.05, 3.63) is 12.2 Å². The van der Waals surface area contributed by atoms with E-state index in [9.17, 15) is 9.90 Å². The molecule has 26 heavy (non-hydrogen) atoms. The fraction of sp³-hybridized carbons (Fsp3) is 0.857. The van der Waals surface area contributed by atoms with Gasteiger partial charge in [-0.25, -0.2) is 0 Å². The van der Waals surface area contributed by atoms with Crippen molar-refractivity contribution in [2.75, 3.05) is 13.2 Å². The van der Waals surface area contributed by atoms with Gasteiger partial charge in [0.15, 0.2) is 0 Å². The van der Waals surface area contributed by atoms with E-state index in [0.717, 1.165) is 57.8 Å². The summed E-state index contributed by atoms with van der Waals surface area (Å²) in [5.74, 6) is -0.311. The molecular weight excluding hydrogens is 332 g/mol. The Kier molecular flexibility index (Phi) is 18.2. The highest BCUT2D eigenvalue weighted by molar-refractivity contribution is 5.69. The van der Waals surface area contributed by atoms with Crippen LogP contribution in [0.1, 0.15) is 90.4 Å². The predicted octanol–water partition coefficient (Wildman–Crippen LogP) is 3.89. The zero-order valence-corrected chi connectivity index (χ0v) is 16.6. The lowest BCUT2D eigenvalue weighted by Crippen LogP contribution is -2.21. The van der Waals surface area contributed by atoms with Gasteiger partial charge in [-0.3, -0.25) is 4.79 Å². The molecule has 0 aromatic rings. The SMILES string of the molecule is CCCCCC[C@@H](O)C/C=C/CCCCCCCC(=O)OC[C@H](O)CO. The van der Waals surface area contributed by atoms with Crippen molar-refractivity contribution in [3.8, 4) is 0 Å². The molecule has 0 saturated carbocycles. The van der Waals surface area contributed by atoms with Crippen LogP contribution in [0.2, 0.25) is 0 Å². The van der Waals surface area contributed by atoms with E-state index < -0.39 is 6.10 Å². The fourth-order valence-electron chi connectivity index (χ4n) is 2.67. The Bertz CT molecular complexity index is 343. The van der Waals surface area contributed by atoms with E-state index in [0.29, 0.717) is 6.42 Å². The largest absolute Gasteiger partial charge is 0.463 e. The zero-order valence-electron chi connectivity index (χ0n) is 16.6. The summed E-state index contributed by atoms with van der Waals surface area (Å²) in [6, 6.07) is 0. The van der Waals surface area contributed by atoms with Crippen molar-refractivity contribution in [2.45, 2.75) is 103 Å². The number of unbranched alkanes of at least 4 members (excludes halogenated alkanes) is 8. The highest BCUT2D eigenvalue weighted by atomic mass is 16.5. The maximum absolute atomic E-state index is 11.4. The molecule has 0 aliphatic rings. The molecule has 0 aromatic carbocycles. The van der Waals surface area contributed by atoms with Gasteiger partial charge in [-0.15, -0.1) is 0 Å². The average molecular weight is 373 g/mol. The second-order valence-corrected chi connectivity index (χ2v) is 7.04. The number of carbonyl (C=O) groups is 1. The third kappa shape index (κ3) is 17.9. The third-order valence-corrected chi connectivity index (χ3v) is 4.36. The first-order chi connectivity index (χ1) is 12.6. The Morgan fingerprint density at radius 3 is 2.35 bits per heavy atom. The van der Waals surface area contributed by atoms with Gasteiger partial charge in [0.2, 0.25) is 0 Å². The Morgan fingerprint density at radius 2 is 1.62 bits per heavy atom. The van der Waals surface area contributed by atoms with Crippen molar-refractivity contribution in [1.29, 1.82) is 0 Å². The van der Waals surface area contributed by atoms with Gasteiger partial charge in [0.05, 0.1) is 12.7 Å². The van der Waals surface area contributed by atoms with Crippen LogP contribution in [0.5, 0.6) is 0 Å². The second-order valence-electron chi connectivity index (χ2n) is 7.04. The van der Waals surface area contributed by atoms with Crippen LogP contribution >= 0.6 is 0 Å². The lowest BCUT2D eigenvalue weighted by atomic mass is 10.1. The summed E-state index contributed by atoms with van der Waals surface area (Å²) in [5.41, 5.74) is 0. The number of ether oxygens (including phenoxy) is 1. The molecule has 5 nitrogen and oxygen atoms in total. The van der Waals surface area contributed by atoms with E-state index in [1.54, 1.807) is 0 Å². The quantitative estimate of drug-likeness (QED) is 0.193. The molecular formula is C21H40O5. The molecule has 0 spiro atoms. The van der Waals surface area contributed by atoms with E-state index in [-0.39, 0.29) is 25.3 Å². The van der Waals surface area contributed by atoms with Crippen LogP contribution in [0.4, 0.5) is 0 Å². The van der Waals surface area contributed by atoms with Crippen LogP contribution in [-0.4, -0.2) is 46.7 Å². The first-order valence-corrected chi connectivity index (χ1v) is 10.4. The Balaban J connectivity index is 3.36. The Labute approximate surface area is 159 Å². The minimum absolute atomic E-state index is 0.130. The molecule has 0 saturated heterocycles. The molecule has 0 unspecified atom stereocenters. The summed E-state index contributed by atoms with van der Waals surface area (Å²) in [4.78, 5) is 11.4. The molecule has 0 fully saturated rings. The minimum Gasteiger partial charge on any atom is -0.463 e. The van der Waals surface area contributed by atoms with Crippen LogP contribution in [0, 0.1) is 0 Å². The van der Waals surface area contributed by atoms with Gasteiger partial charge in [-0.05, 0) is 32.1 Å². The van der Waals surface area contributed by atoms with E-state index in [4.69, 9.17) is 14.9 Å². The Hall–Kier alpha value is -0.910. The summed E-state index contributed by atoms with van der Waals surface area (Å²) in [6.45, 7) is 1.68. The van der Waals surface area contributed by atoms with Crippen molar-refractivity contribution in [3.63, 3.8) is 0 Å². The zero-order chi connectivity index (χ0) is 19.5. The topological polar surface area (TPSA) is 87.0 Å². The molecule has 2 atom stereocenters. The minimum atomic E-state index is -0.978. The molecule has 0 aliphatic carbocycles.